The van der Waals surface area contributed by atoms with Crippen molar-refractivity contribution in [3.05, 3.63) is 83.9 Å². The largest absolute Gasteiger partial charge is 0.493 e. The van der Waals surface area contributed by atoms with E-state index in [0.717, 1.165) is 48.6 Å². The van der Waals surface area contributed by atoms with E-state index in [2.05, 4.69) is 79.1 Å². The molecule has 3 heteroatoms. The topological polar surface area (TPSA) is 27.1 Å². The number of rotatable bonds is 7. The van der Waals surface area contributed by atoms with Crippen molar-refractivity contribution in [3.63, 3.8) is 0 Å². The standard InChI is InChI=1S/C25H26N2O/c1-19-11-10-12-20(2)24(19)28-18-9-8-17-27-23-16-7-6-15-22(23)26-25(27)21-13-4-3-5-14-21/h3-7,10-16H,8-9,17-18H2,1-2H3. The molecule has 0 saturated heterocycles. The number of hydrogen-bond donors (Lipinski definition) is 0. The Morgan fingerprint density at radius 2 is 1.50 bits per heavy atom. The van der Waals surface area contributed by atoms with Crippen LogP contribution < -0.4 is 4.74 Å². The molecule has 1 heterocycles. The van der Waals surface area contributed by atoms with Crippen LogP contribution >= 0.6 is 0 Å². The minimum atomic E-state index is 0.735. The lowest BCUT2D eigenvalue weighted by Gasteiger charge is -2.13. The lowest BCUT2D eigenvalue weighted by Crippen LogP contribution is -2.05. The van der Waals surface area contributed by atoms with Gasteiger partial charge in [-0.2, -0.15) is 0 Å². The van der Waals surface area contributed by atoms with Gasteiger partial charge in [0.05, 0.1) is 17.6 Å². The Morgan fingerprint density at radius 3 is 2.29 bits per heavy atom. The minimum Gasteiger partial charge on any atom is -0.493 e. The van der Waals surface area contributed by atoms with Gasteiger partial charge in [-0.05, 0) is 49.9 Å². The number of hydrogen-bond acceptors (Lipinski definition) is 2. The average molecular weight is 370 g/mol. The third kappa shape index (κ3) is 3.79. The monoisotopic (exact) mass is 370 g/mol. The van der Waals surface area contributed by atoms with E-state index >= 15 is 0 Å². The van der Waals surface area contributed by atoms with Gasteiger partial charge < -0.3 is 9.30 Å². The van der Waals surface area contributed by atoms with Crippen molar-refractivity contribution in [2.75, 3.05) is 6.61 Å². The third-order valence-corrected chi connectivity index (χ3v) is 5.12. The van der Waals surface area contributed by atoms with Gasteiger partial charge in [-0.3, -0.25) is 0 Å². The van der Waals surface area contributed by atoms with Crippen molar-refractivity contribution < 1.29 is 4.74 Å². The summed E-state index contributed by atoms with van der Waals surface area (Å²) in [5, 5.41) is 0. The first-order valence-corrected chi connectivity index (χ1v) is 9.94. The number of benzene rings is 3. The molecule has 0 radical (unpaired) electrons. The van der Waals surface area contributed by atoms with Crippen LogP contribution in [-0.2, 0) is 6.54 Å². The fourth-order valence-electron chi connectivity index (χ4n) is 3.68. The number of para-hydroxylation sites is 3. The molecule has 28 heavy (non-hydrogen) atoms. The number of aromatic nitrogens is 2. The molecule has 0 amide bonds. The van der Waals surface area contributed by atoms with Crippen LogP contribution in [0.4, 0.5) is 0 Å². The van der Waals surface area contributed by atoms with Crippen molar-refractivity contribution in [3.8, 4) is 17.1 Å². The molecule has 3 nitrogen and oxygen atoms in total. The molecule has 0 unspecified atom stereocenters. The number of ether oxygens (including phenoxy) is 1. The molecule has 4 aromatic rings. The van der Waals surface area contributed by atoms with Gasteiger partial charge in [0, 0.05) is 12.1 Å². The first-order valence-electron chi connectivity index (χ1n) is 9.94. The van der Waals surface area contributed by atoms with Crippen LogP contribution in [0.2, 0.25) is 0 Å². The fraction of sp³-hybridized carbons (Fsp3) is 0.240. The molecule has 1 aromatic heterocycles. The van der Waals surface area contributed by atoms with Gasteiger partial charge in [0.15, 0.2) is 0 Å². The highest BCUT2D eigenvalue weighted by atomic mass is 16.5. The highest BCUT2D eigenvalue weighted by Gasteiger charge is 2.12. The highest BCUT2D eigenvalue weighted by Crippen LogP contribution is 2.26. The second-order valence-corrected chi connectivity index (χ2v) is 7.22. The molecule has 0 saturated carbocycles. The zero-order valence-electron chi connectivity index (χ0n) is 16.6. The molecule has 0 atom stereocenters. The van der Waals surface area contributed by atoms with Crippen molar-refractivity contribution in [2.24, 2.45) is 0 Å². The van der Waals surface area contributed by atoms with Gasteiger partial charge in [0.2, 0.25) is 0 Å². The van der Waals surface area contributed by atoms with Crippen LogP contribution in [0, 0.1) is 13.8 Å². The van der Waals surface area contributed by atoms with E-state index in [4.69, 9.17) is 9.72 Å². The van der Waals surface area contributed by atoms with Crippen LogP contribution in [-0.4, -0.2) is 16.2 Å². The van der Waals surface area contributed by atoms with Gasteiger partial charge in [-0.25, -0.2) is 4.98 Å². The summed E-state index contributed by atoms with van der Waals surface area (Å²) in [6, 6.07) is 25.1. The minimum absolute atomic E-state index is 0.735. The summed E-state index contributed by atoms with van der Waals surface area (Å²) in [6.07, 6.45) is 2.06. The molecule has 142 valence electrons. The van der Waals surface area contributed by atoms with E-state index in [1.165, 1.54) is 16.6 Å². The molecule has 0 bridgehead atoms. The first kappa shape index (κ1) is 18.3. The van der Waals surface area contributed by atoms with Gasteiger partial charge in [0.1, 0.15) is 11.6 Å². The maximum atomic E-state index is 6.06. The fourth-order valence-corrected chi connectivity index (χ4v) is 3.68. The van der Waals surface area contributed by atoms with E-state index in [-0.39, 0.29) is 0 Å². The summed E-state index contributed by atoms with van der Waals surface area (Å²) in [5.74, 6) is 2.07. The quantitative estimate of drug-likeness (QED) is 0.363. The number of fused-ring (bicyclic) bond motifs is 1. The Labute approximate surface area is 166 Å². The van der Waals surface area contributed by atoms with Crippen molar-refractivity contribution in [1.29, 1.82) is 0 Å². The second kappa shape index (κ2) is 8.30. The summed E-state index contributed by atoms with van der Waals surface area (Å²) in [5.41, 5.74) is 5.80. The lowest BCUT2D eigenvalue weighted by molar-refractivity contribution is 0.300. The van der Waals surface area contributed by atoms with Gasteiger partial charge in [-0.15, -0.1) is 0 Å². The number of nitrogens with zero attached hydrogens (tertiary/aromatic N) is 2. The Bertz CT molecular complexity index is 1050. The summed E-state index contributed by atoms with van der Waals surface area (Å²) in [7, 11) is 0. The molecule has 0 aliphatic carbocycles. The van der Waals surface area contributed by atoms with E-state index < -0.39 is 0 Å². The average Bonchev–Trinajstić information content (AvgIpc) is 3.09. The molecule has 3 aromatic carbocycles. The predicted octanol–water partition coefficient (Wildman–Crippen LogP) is 6.18. The molecular weight excluding hydrogens is 344 g/mol. The van der Waals surface area contributed by atoms with Crippen LogP contribution in [0.15, 0.2) is 72.8 Å². The molecule has 0 fully saturated rings. The maximum Gasteiger partial charge on any atom is 0.141 e. The lowest BCUT2D eigenvalue weighted by atomic mass is 10.1. The Hall–Kier alpha value is -3.07. The normalized spacial score (nSPS) is 11.1. The van der Waals surface area contributed by atoms with Crippen molar-refractivity contribution in [2.45, 2.75) is 33.2 Å². The predicted molar refractivity (Wildman–Crippen MR) is 116 cm³/mol. The third-order valence-electron chi connectivity index (χ3n) is 5.12. The zero-order chi connectivity index (χ0) is 19.3. The molecule has 0 aliphatic rings. The van der Waals surface area contributed by atoms with Crippen molar-refractivity contribution >= 4 is 11.0 Å². The molecule has 0 N–H and O–H groups in total. The molecule has 4 rings (SSSR count). The van der Waals surface area contributed by atoms with E-state index in [1.54, 1.807) is 0 Å². The molecule has 0 aliphatic heterocycles. The summed E-state index contributed by atoms with van der Waals surface area (Å²) >= 11 is 0. The van der Waals surface area contributed by atoms with Gasteiger partial charge >= 0.3 is 0 Å². The Kier molecular flexibility index (Phi) is 5.43. The summed E-state index contributed by atoms with van der Waals surface area (Å²) in [6.45, 7) is 5.87. The number of unbranched alkanes of at least 4 members (excludes halogenated alkanes) is 1. The first-order chi connectivity index (χ1) is 13.7. The maximum absolute atomic E-state index is 6.06. The van der Waals surface area contributed by atoms with Crippen LogP contribution in [0.1, 0.15) is 24.0 Å². The SMILES string of the molecule is Cc1cccc(C)c1OCCCCn1c(-c2ccccc2)nc2ccccc21. The van der Waals surface area contributed by atoms with Crippen LogP contribution in [0.5, 0.6) is 5.75 Å². The number of imidazole rings is 1. The molecule has 0 spiro atoms. The Morgan fingerprint density at radius 1 is 0.786 bits per heavy atom. The summed E-state index contributed by atoms with van der Waals surface area (Å²) in [4.78, 5) is 4.88. The molecular formula is C25H26N2O. The van der Waals surface area contributed by atoms with Crippen molar-refractivity contribution in [1.82, 2.24) is 9.55 Å². The van der Waals surface area contributed by atoms with E-state index in [0.29, 0.717) is 0 Å². The van der Waals surface area contributed by atoms with E-state index in [9.17, 15) is 0 Å². The second-order valence-electron chi connectivity index (χ2n) is 7.22. The number of aryl methyl sites for hydroxylation is 3. The van der Waals surface area contributed by atoms with Crippen LogP contribution in [0.25, 0.3) is 22.4 Å². The van der Waals surface area contributed by atoms with E-state index in [1.807, 2.05) is 12.1 Å². The zero-order valence-corrected chi connectivity index (χ0v) is 16.6. The van der Waals surface area contributed by atoms with Crippen LogP contribution in [0.3, 0.4) is 0 Å². The highest BCUT2D eigenvalue weighted by molar-refractivity contribution is 5.80. The summed E-state index contributed by atoms with van der Waals surface area (Å²) < 4.78 is 8.40. The van der Waals surface area contributed by atoms with Gasteiger partial charge in [-0.1, -0.05) is 60.7 Å². The van der Waals surface area contributed by atoms with Gasteiger partial charge in [0.25, 0.3) is 0 Å². The Balaban J connectivity index is 1.46. The smallest absolute Gasteiger partial charge is 0.141 e.